The predicted molar refractivity (Wildman–Crippen MR) is 117 cm³/mol. The number of nitrogens with zero attached hydrogens (tertiary/aromatic N) is 3. The highest BCUT2D eigenvalue weighted by molar-refractivity contribution is 6.06. The number of pyridine rings is 1. The van der Waals surface area contributed by atoms with Crippen LogP contribution in [0.25, 0.3) is 21.8 Å². The third kappa shape index (κ3) is 3.56. The van der Waals surface area contributed by atoms with E-state index in [0.717, 1.165) is 42.9 Å². The van der Waals surface area contributed by atoms with Gasteiger partial charge in [0.25, 0.3) is 0 Å². The lowest BCUT2D eigenvalue weighted by Crippen LogP contribution is -2.48. The molecule has 2 aromatic heterocycles. The molecule has 146 valence electrons. The number of fused-ring (bicyclic) bond motifs is 3. The molecule has 0 spiro atoms. The summed E-state index contributed by atoms with van der Waals surface area (Å²) in [5, 5.41) is 2.38. The average Bonchev–Trinajstić information content (AvgIpc) is 3.16. The number of nitrogens with one attached hydrogen (secondary N) is 1. The summed E-state index contributed by atoms with van der Waals surface area (Å²) in [6.45, 7) is 3.33. The summed E-state index contributed by atoms with van der Waals surface area (Å²) < 4.78 is 0. The fraction of sp³-hybridized carbons (Fsp3) is 0.250. The Labute approximate surface area is 170 Å². The molecule has 1 amide bonds. The molecular formula is C24H24N4O. The molecule has 1 aliphatic rings. The van der Waals surface area contributed by atoms with Crippen molar-refractivity contribution >= 4 is 33.4 Å². The van der Waals surface area contributed by atoms with Crippen molar-refractivity contribution in [1.29, 1.82) is 0 Å². The van der Waals surface area contributed by atoms with E-state index in [0.29, 0.717) is 12.8 Å². The van der Waals surface area contributed by atoms with E-state index in [1.807, 2.05) is 29.3 Å². The van der Waals surface area contributed by atoms with Crippen molar-refractivity contribution in [1.82, 2.24) is 14.9 Å². The van der Waals surface area contributed by atoms with Crippen LogP contribution in [0.1, 0.15) is 12.1 Å². The van der Waals surface area contributed by atoms with Gasteiger partial charge in [0, 0.05) is 60.3 Å². The predicted octanol–water partition coefficient (Wildman–Crippen LogP) is 4.00. The quantitative estimate of drug-likeness (QED) is 0.579. The van der Waals surface area contributed by atoms with Crippen LogP contribution in [0.15, 0.2) is 66.9 Å². The van der Waals surface area contributed by atoms with Crippen molar-refractivity contribution in [3.05, 3.63) is 72.6 Å². The summed E-state index contributed by atoms with van der Waals surface area (Å²) in [5.41, 5.74) is 4.36. The Hall–Kier alpha value is -3.34. The molecular weight excluding hydrogens is 360 g/mol. The summed E-state index contributed by atoms with van der Waals surface area (Å²) in [6, 6.07) is 20.8. The van der Waals surface area contributed by atoms with Gasteiger partial charge in [-0.15, -0.1) is 0 Å². The fourth-order valence-corrected chi connectivity index (χ4v) is 4.18. The maximum atomic E-state index is 12.7. The van der Waals surface area contributed by atoms with Crippen LogP contribution in [0.3, 0.4) is 0 Å². The van der Waals surface area contributed by atoms with Crippen LogP contribution >= 0.6 is 0 Å². The summed E-state index contributed by atoms with van der Waals surface area (Å²) in [4.78, 5) is 25.0. The Morgan fingerprint density at radius 1 is 0.897 bits per heavy atom. The number of carbonyl (C=O) groups is 1. The monoisotopic (exact) mass is 384 g/mol. The van der Waals surface area contributed by atoms with Gasteiger partial charge in [-0.1, -0.05) is 36.4 Å². The van der Waals surface area contributed by atoms with Crippen molar-refractivity contribution in [2.45, 2.75) is 12.8 Å². The number of carbonyl (C=O) groups excluding carboxylic acids is 1. The molecule has 3 heterocycles. The molecule has 4 aromatic rings. The zero-order valence-corrected chi connectivity index (χ0v) is 16.3. The first-order valence-electron chi connectivity index (χ1n) is 10.2. The van der Waals surface area contributed by atoms with Gasteiger partial charge >= 0.3 is 0 Å². The minimum Gasteiger partial charge on any atom is -0.368 e. The van der Waals surface area contributed by atoms with Crippen LogP contribution in [0.5, 0.6) is 0 Å². The second kappa shape index (κ2) is 7.59. The first kappa shape index (κ1) is 17.7. The van der Waals surface area contributed by atoms with E-state index >= 15 is 0 Å². The molecule has 5 rings (SSSR count). The van der Waals surface area contributed by atoms with Crippen LogP contribution in [0.2, 0.25) is 0 Å². The minimum absolute atomic E-state index is 0.221. The van der Waals surface area contributed by atoms with Crippen molar-refractivity contribution in [2.75, 3.05) is 31.1 Å². The average molecular weight is 384 g/mol. The van der Waals surface area contributed by atoms with Gasteiger partial charge in [-0.05, 0) is 30.7 Å². The number of piperazine rings is 1. The molecule has 29 heavy (non-hydrogen) atoms. The van der Waals surface area contributed by atoms with Crippen LogP contribution in [0.4, 0.5) is 5.69 Å². The Balaban J connectivity index is 1.21. The number of amides is 1. The molecule has 0 bridgehead atoms. The van der Waals surface area contributed by atoms with Crippen molar-refractivity contribution < 1.29 is 4.79 Å². The number of para-hydroxylation sites is 2. The van der Waals surface area contributed by atoms with Gasteiger partial charge in [0.1, 0.15) is 0 Å². The molecule has 1 fully saturated rings. The number of hydrogen-bond donors (Lipinski definition) is 1. The lowest BCUT2D eigenvalue weighted by molar-refractivity contribution is -0.131. The van der Waals surface area contributed by atoms with Crippen molar-refractivity contribution in [3.63, 3.8) is 0 Å². The fourth-order valence-electron chi connectivity index (χ4n) is 4.18. The lowest BCUT2D eigenvalue weighted by Gasteiger charge is -2.36. The second-order valence-corrected chi connectivity index (χ2v) is 7.60. The van der Waals surface area contributed by atoms with E-state index < -0.39 is 0 Å². The maximum absolute atomic E-state index is 12.7. The number of aromatic amines is 1. The Morgan fingerprint density at radius 2 is 1.66 bits per heavy atom. The normalized spacial score (nSPS) is 14.6. The molecule has 0 aliphatic carbocycles. The largest absolute Gasteiger partial charge is 0.368 e. The molecule has 1 saturated heterocycles. The Bertz CT molecular complexity index is 1140. The zero-order chi connectivity index (χ0) is 19.6. The second-order valence-electron chi connectivity index (χ2n) is 7.60. The molecule has 0 unspecified atom stereocenters. The summed E-state index contributed by atoms with van der Waals surface area (Å²) >= 11 is 0. The first-order valence-corrected chi connectivity index (χ1v) is 10.2. The summed E-state index contributed by atoms with van der Waals surface area (Å²) in [5.74, 6) is 0.221. The molecule has 0 radical (unpaired) electrons. The van der Waals surface area contributed by atoms with Crippen molar-refractivity contribution in [2.24, 2.45) is 0 Å². The molecule has 2 aromatic carbocycles. The molecule has 5 nitrogen and oxygen atoms in total. The van der Waals surface area contributed by atoms with Gasteiger partial charge in [-0.25, -0.2) is 0 Å². The SMILES string of the molecule is O=C(CCc1cc2c(cn1)[nH]c1ccccc12)N1CCN(c2ccccc2)CC1. The topological polar surface area (TPSA) is 52.2 Å². The van der Waals surface area contributed by atoms with Crippen LogP contribution in [-0.4, -0.2) is 47.0 Å². The van der Waals surface area contributed by atoms with Gasteiger partial charge in [0.15, 0.2) is 0 Å². The number of rotatable bonds is 4. The van der Waals surface area contributed by atoms with E-state index in [1.165, 1.54) is 16.5 Å². The molecule has 0 saturated carbocycles. The van der Waals surface area contributed by atoms with Gasteiger partial charge in [0.05, 0.1) is 11.7 Å². The summed E-state index contributed by atoms with van der Waals surface area (Å²) in [6.07, 6.45) is 3.06. The highest BCUT2D eigenvalue weighted by Gasteiger charge is 2.21. The Kier molecular flexibility index (Phi) is 4.64. The minimum atomic E-state index is 0.221. The van der Waals surface area contributed by atoms with Crippen LogP contribution in [0, 0.1) is 0 Å². The van der Waals surface area contributed by atoms with Crippen LogP contribution in [-0.2, 0) is 11.2 Å². The van der Waals surface area contributed by atoms with Crippen LogP contribution < -0.4 is 4.90 Å². The molecule has 1 aliphatic heterocycles. The number of benzene rings is 2. The summed E-state index contributed by atoms with van der Waals surface area (Å²) in [7, 11) is 0. The van der Waals surface area contributed by atoms with E-state index in [2.05, 4.69) is 57.3 Å². The van der Waals surface area contributed by atoms with Gasteiger partial charge < -0.3 is 14.8 Å². The third-order valence-corrected chi connectivity index (χ3v) is 5.80. The molecule has 1 N–H and O–H groups in total. The molecule has 0 atom stereocenters. The van der Waals surface area contributed by atoms with Gasteiger partial charge in [-0.2, -0.15) is 0 Å². The van der Waals surface area contributed by atoms with E-state index in [1.54, 1.807) is 0 Å². The first-order chi connectivity index (χ1) is 14.3. The standard InChI is InChI=1S/C24H24N4O/c29-24(28-14-12-27(13-15-28)19-6-2-1-3-7-19)11-10-18-16-21-20-8-4-5-9-22(20)26-23(21)17-25-18/h1-9,16-17,26H,10-15H2. The third-order valence-electron chi connectivity index (χ3n) is 5.80. The van der Waals surface area contributed by atoms with E-state index in [9.17, 15) is 4.79 Å². The lowest BCUT2D eigenvalue weighted by atomic mass is 10.1. The number of hydrogen-bond acceptors (Lipinski definition) is 3. The smallest absolute Gasteiger partial charge is 0.223 e. The highest BCUT2D eigenvalue weighted by atomic mass is 16.2. The zero-order valence-electron chi connectivity index (χ0n) is 16.3. The Morgan fingerprint density at radius 3 is 2.48 bits per heavy atom. The van der Waals surface area contributed by atoms with Crippen molar-refractivity contribution in [3.8, 4) is 0 Å². The molecule has 5 heteroatoms. The number of aryl methyl sites for hydroxylation is 1. The number of H-pyrrole nitrogens is 1. The van der Waals surface area contributed by atoms with E-state index in [4.69, 9.17) is 0 Å². The maximum Gasteiger partial charge on any atom is 0.223 e. The number of aromatic nitrogens is 2. The number of anilines is 1. The van der Waals surface area contributed by atoms with Gasteiger partial charge in [-0.3, -0.25) is 9.78 Å². The van der Waals surface area contributed by atoms with E-state index in [-0.39, 0.29) is 5.91 Å². The van der Waals surface area contributed by atoms with Gasteiger partial charge in [0.2, 0.25) is 5.91 Å². The highest BCUT2D eigenvalue weighted by Crippen LogP contribution is 2.25.